The molecule has 0 amide bonds. The molecule has 0 saturated carbocycles. The van der Waals surface area contributed by atoms with Crippen molar-refractivity contribution >= 4 is 10.1 Å². The molecule has 0 aliphatic heterocycles. The van der Waals surface area contributed by atoms with Gasteiger partial charge in [-0.15, -0.1) is 0 Å². The summed E-state index contributed by atoms with van der Waals surface area (Å²) < 4.78 is 37.6. The largest absolute Gasteiger partial charge is 0.349 e. The minimum atomic E-state index is -3.39. The minimum absolute atomic E-state index is 0.135. The van der Waals surface area contributed by atoms with E-state index in [0.717, 1.165) is 17.4 Å². The topological polar surface area (TPSA) is 61.8 Å². The van der Waals surface area contributed by atoms with Gasteiger partial charge in [-0.2, -0.15) is 8.42 Å². The number of hydrogen-bond donors (Lipinski definition) is 0. The standard InChI is InChI=1S/C14H22O5S/c1-4-17-14(18-5-2)13-8-6-7-12(11-13)9-10-19-20(3,15)16/h6-8,11,14H,4-5,9-10H2,1-3H3. The molecule has 0 spiro atoms. The molecule has 0 aliphatic rings. The van der Waals surface area contributed by atoms with E-state index in [1.54, 1.807) is 0 Å². The molecule has 0 atom stereocenters. The molecule has 0 saturated heterocycles. The van der Waals surface area contributed by atoms with Crippen molar-refractivity contribution in [1.82, 2.24) is 0 Å². The van der Waals surface area contributed by atoms with Gasteiger partial charge >= 0.3 is 0 Å². The third-order valence-corrected chi connectivity index (χ3v) is 3.14. The van der Waals surface area contributed by atoms with E-state index in [9.17, 15) is 8.42 Å². The first-order chi connectivity index (χ1) is 9.46. The zero-order valence-electron chi connectivity index (χ0n) is 12.2. The van der Waals surface area contributed by atoms with Crippen LogP contribution >= 0.6 is 0 Å². The highest BCUT2D eigenvalue weighted by atomic mass is 32.2. The van der Waals surface area contributed by atoms with Crippen molar-refractivity contribution in [3.8, 4) is 0 Å². The maximum Gasteiger partial charge on any atom is 0.264 e. The fourth-order valence-corrected chi connectivity index (χ4v) is 2.14. The van der Waals surface area contributed by atoms with E-state index in [4.69, 9.17) is 13.7 Å². The Labute approximate surface area is 121 Å². The predicted molar refractivity (Wildman–Crippen MR) is 76.9 cm³/mol. The molecule has 6 heteroatoms. The maximum absolute atomic E-state index is 10.9. The van der Waals surface area contributed by atoms with E-state index in [1.807, 2.05) is 38.1 Å². The lowest BCUT2D eigenvalue weighted by atomic mass is 10.1. The summed E-state index contributed by atoms with van der Waals surface area (Å²) in [5.41, 5.74) is 1.90. The van der Waals surface area contributed by atoms with Gasteiger partial charge in [-0.1, -0.05) is 24.3 Å². The van der Waals surface area contributed by atoms with Crippen molar-refractivity contribution in [2.75, 3.05) is 26.1 Å². The van der Waals surface area contributed by atoms with Gasteiger partial charge in [0.1, 0.15) is 0 Å². The second-order valence-electron chi connectivity index (χ2n) is 4.26. The molecule has 1 rings (SSSR count). The van der Waals surface area contributed by atoms with Crippen LogP contribution in [-0.4, -0.2) is 34.5 Å². The normalized spacial score (nSPS) is 12.0. The Morgan fingerprint density at radius 1 is 1.15 bits per heavy atom. The van der Waals surface area contributed by atoms with Crippen molar-refractivity contribution in [1.29, 1.82) is 0 Å². The zero-order chi connectivity index (χ0) is 15.0. The second-order valence-corrected chi connectivity index (χ2v) is 5.91. The van der Waals surface area contributed by atoms with Crippen molar-refractivity contribution in [3.63, 3.8) is 0 Å². The second kappa shape index (κ2) is 8.36. The van der Waals surface area contributed by atoms with Crippen molar-refractivity contribution in [2.45, 2.75) is 26.6 Å². The van der Waals surface area contributed by atoms with Crippen LogP contribution in [0, 0.1) is 0 Å². The molecule has 0 aromatic heterocycles. The number of hydrogen-bond acceptors (Lipinski definition) is 5. The Hall–Kier alpha value is -0.950. The average Bonchev–Trinajstić information content (AvgIpc) is 2.37. The van der Waals surface area contributed by atoms with Gasteiger partial charge in [-0.05, 0) is 25.8 Å². The fourth-order valence-electron chi connectivity index (χ4n) is 1.75. The Bertz CT molecular complexity index is 492. The first-order valence-corrected chi connectivity index (χ1v) is 8.44. The third kappa shape index (κ3) is 6.47. The van der Waals surface area contributed by atoms with Gasteiger partial charge in [0, 0.05) is 18.8 Å². The molecule has 20 heavy (non-hydrogen) atoms. The first-order valence-electron chi connectivity index (χ1n) is 6.62. The van der Waals surface area contributed by atoms with Crippen LogP contribution in [0.1, 0.15) is 31.3 Å². The molecule has 0 aliphatic carbocycles. The summed E-state index contributed by atoms with van der Waals surface area (Å²) in [6, 6.07) is 7.69. The summed E-state index contributed by atoms with van der Waals surface area (Å²) in [5, 5.41) is 0. The minimum Gasteiger partial charge on any atom is -0.349 e. The maximum atomic E-state index is 10.9. The van der Waals surface area contributed by atoms with E-state index in [0.29, 0.717) is 19.6 Å². The molecule has 0 radical (unpaired) electrons. The molecule has 1 aromatic carbocycles. The monoisotopic (exact) mass is 302 g/mol. The summed E-state index contributed by atoms with van der Waals surface area (Å²) in [4.78, 5) is 0. The van der Waals surface area contributed by atoms with Crippen LogP contribution in [-0.2, 0) is 30.2 Å². The van der Waals surface area contributed by atoms with Crippen molar-refractivity contribution < 1.29 is 22.1 Å². The molecular weight excluding hydrogens is 280 g/mol. The Morgan fingerprint density at radius 3 is 2.35 bits per heavy atom. The van der Waals surface area contributed by atoms with E-state index in [2.05, 4.69) is 0 Å². The van der Waals surface area contributed by atoms with E-state index < -0.39 is 10.1 Å². The average molecular weight is 302 g/mol. The third-order valence-electron chi connectivity index (χ3n) is 2.55. The zero-order valence-corrected chi connectivity index (χ0v) is 13.0. The predicted octanol–water partition coefficient (Wildman–Crippen LogP) is 2.28. The highest BCUT2D eigenvalue weighted by Gasteiger charge is 2.11. The van der Waals surface area contributed by atoms with Crippen LogP contribution in [0.15, 0.2) is 24.3 Å². The lowest BCUT2D eigenvalue weighted by Crippen LogP contribution is -2.10. The summed E-state index contributed by atoms with van der Waals surface area (Å²) in [6.45, 7) is 5.08. The fraction of sp³-hybridized carbons (Fsp3) is 0.571. The molecule has 114 valence electrons. The van der Waals surface area contributed by atoms with Crippen LogP contribution in [0.2, 0.25) is 0 Å². The van der Waals surface area contributed by atoms with Crippen molar-refractivity contribution in [3.05, 3.63) is 35.4 Å². The van der Waals surface area contributed by atoms with Gasteiger partial charge in [0.15, 0.2) is 6.29 Å². The first kappa shape index (κ1) is 17.1. The van der Waals surface area contributed by atoms with Gasteiger partial charge in [0.05, 0.1) is 12.9 Å². The van der Waals surface area contributed by atoms with Crippen molar-refractivity contribution in [2.24, 2.45) is 0 Å². The van der Waals surface area contributed by atoms with Gasteiger partial charge in [-0.25, -0.2) is 0 Å². The quantitative estimate of drug-likeness (QED) is 0.517. The molecule has 0 unspecified atom stereocenters. The smallest absolute Gasteiger partial charge is 0.264 e. The van der Waals surface area contributed by atoms with Crippen LogP contribution in [0.5, 0.6) is 0 Å². The molecule has 0 fully saturated rings. The Morgan fingerprint density at radius 2 is 1.80 bits per heavy atom. The number of ether oxygens (including phenoxy) is 2. The SMILES string of the molecule is CCOC(OCC)c1cccc(CCOS(C)(=O)=O)c1. The lowest BCUT2D eigenvalue weighted by Gasteiger charge is -2.18. The summed E-state index contributed by atoms with van der Waals surface area (Å²) in [6.07, 6.45) is 1.18. The number of benzene rings is 1. The highest BCUT2D eigenvalue weighted by Crippen LogP contribution is 2.20. The van der Waals surface area contributed by atoms with Gasteiger partial charge in [-0.3, -0.25) is 4.18 Å². The molecule has 5 nitrogen and oxygen atoms in total. The summed E-state index contributed by atoms with van der Waals surface area (Å²) in [5.74, 6) is 0. The van der Waals surface area contributed by atoms with Crippen LogP contribution in [0.4, 0.5) is 0 Å². The summed E-state index contributed by atoms with van der Waals surface area (Å²) in [7, 11) is -3.39. The molecule has 0 N–H and O–H groups in total. The van der Waals surface area contributed by atoms with E-state index >= 15 is 0 Å². The van der Waals surface area contributed by atoms with Gasteiger partial charge in [0.2, 0.25) is 0 Å². The summed E-state index contributed by atoms with van der Waals surface area (Å²) >= 11 is 0. The Kier molecular flexibility index (Phi) is 7.15. The van der Waals surface area contributed by atoms with Crippen LogP contribution in [0.3, 0.4) is 0 Å². The van der Waals surface area contributed by atoms with Crippen LogP contribution < -0.4 is 0 Å². The van der Waals surface area contributed by atoms with Crippen LogP contribution in [0.25, 0.3) is 0 Å². The lowest BCUT2D eigenvalue weighted by molar-refractivity contribution is -0.140. The molecule has 0 bridgehead atoms. The molecule has 1 aromatic rings. The Balaban J connectivity index is 2.68. The van der Waals surface area contributed by atoms with E-state index in [-0.39, 0.29) is 12.9 Å². The molecule has 0 heterocycles. The van der Waals surface area contributed by atoms with E-state index in [1.165, 1.54) is 0 Å². The number of rotatable bonds is 9. The highest BCUT2D eigenvalue weighted by molar-refractivity contribution is 7.85. The van der Waals surface area contributed by atoms with Gasteiger partial charge < -0.3 is 9.47 Å². The van der Waals surface area contributed by atoms with Gasteiger partial charge in [0.25, 0.3) is 10.1 Å². The molecular formula is C14H22O5S.